The topological polar surface area (TPSA) is 63.6 Å². The first-order valence-electron chi connectivity index (χ1n) is 8.88. The Morgan fingerprint density at radius 2 is 2.12 bits per heavy atom. The summed E-state index contributed by atoms with van der Waals surface area (Å²) in [7, 11) is 1.66. The van der Waals surface area contributed by atoms with Crippen LogP contribution in [0.5, 0.6) is 5.75 Å². The van der Waals surface area contributed by atoms with Crippen molar-refractivity contribution in [2.45, 2.75) is 32.4 Å². The third-order valence-electron chi connectivity index (χ3n) is 4.83. The van der Waals surface area contributed by atoms with Crippen molar-refractivity contribution in [1.29, 1.82) is 0 Å². The van der Waals surface area contributed by atoms with Gasteiger partial charge in [-0.3, -0.25) is 19.1 Å². The zero-order chi connectivity index (χ0) is 18.5. The van der Waals surface area contributed by atoms with Gasteiger partial charge in [-0.1, -0.05) is 23.5 Å². The maximum absolute atomic E-state index is 12.4. The molecule has 0 spiro atoms. The van der Waals surface area contributed by atoms with Gasteiger partial charge in [-0.15, -0.1) is 0 Å². The van der Waals surface area contributed by atoms with Crippen molar-refractivity contribution in [3.05, 3.63) is 50.6 Å². The largest absolute Gasteiger partial charge is 0.497 e. The monoisotopic (exact) mass is 375 g/mol. The summed E-state index contributed by atoms with van der Waals surface area (Å²) in [5, 5.41) is 4.79. The Balaban J connectivity index is 1.69. The molecule has 1 aromatic heterocycles. The van der Waals surface area contributed by atoms with Crippen LogP contribution in [0.15, 0.2) is 34.4 Å². The van der Waals surface area contributed by atoms with E-state index < -0.39 is 0 Å². The minimum absolute atomic E-state index is 0.0684. The van der Waals surface area contributed by atoms with Gasteiger partial charge in [0.15, 0.2) is 0 Å². The molecule has 0 radical (unpaired) electrons. The Labute approximate surface area is 157 Å². The molecule has 140 valence electrons. The lowest BCUT2D eigenvalue weighted by Gasteiger charge is -2.28. The van der Waals surface area contributed by atoms with Crippen molar-refractivity contribution in [3.8, 4) is 5.75 Å². The van der Waals surface area contributed by atoms with Gasteiger partial charge in [0.05, 0.1) is 13.2 Å². The number of carbonyl (C=O) groups excluding carboxylic acids is 1. The molecule has 1 amide bonds. The molecule has 2 aromatic rings. The molecule has 0 bridgehead atoms. The van der Waals surface area contributed by atoms with Gasteiger partial charge < -0.3 is 10.1 Å². The quantitative estimate of drug-likeness (QED) is 0.806. The maximum Gasteiger partial charge on any atom is 0.307 e. The van der Waals surface area contributed by atoms with E-state index in [0.717, 1.165) is 41.4 Å². The molecule has 1 aliphatic heterocycles. The summed E-state index contributed by atoms with van der Waals surface area (Å²) < 4.78 is 6.86. The van der Waals surface area contributed by atoms with Crippen LogP contribution in [0.4, 0.5) is 0 Å². The predicted molar refractivity (Wildman–Crippen MR) is 103 cm³/mol. The predicted octanol–water partition coefficient (Wildman–Crippen LogP) is 2.18. The number of likely N-dealkylation sites (tertiary alicyclic amines) is 1. The zero-order valence-corrected chi connectivity index (χ0v) is 16.1. The lowest BCUT2D eigenvalue weighted by molar-refractivity contribution is -0.122. The van der Waals surface area contributed by atoms with E-state index in [0.29, 0.717) is 6.54 Å². The first-order valence-corrected chi connectivity index (χ1v) is 9.76. The Morgan fingerprint density at radius 1 is 1.35 bits per heavy atom. The highest BCUT2D eigenvalue weighted by atomic mass is 32.1. The number of hydrogen-bond acceptors (Lipinski definition) is 5. The van der Waals surface area contributed by atoms with E-state index in [4.69, 9.17) is 4.74 Å². The molecule has 3 rings (SSSR count). The molecule has 2 heterocycles. The zero-order valence-electron chi connectivity index (χ0n) is 15.2. The second-order valence-corrected chi connectivity index (χ2v) is 7.39. The Kier molecular flexibility index (Phi) is 6.11. The van der Waals surface area contributed by atoms with Crippen LogP contribution in [0.2, 0.25) is 0 Å². The average Bonchev–Trinajstić information content (AvgIpc) is 3.28. The molecule has 6 nitrogen and oxygen atoms in total. The highest BCUT2D eigenvalue weighted by Crippen LogP contribution is 2.27. The second-order valence-electron chi connectivity index (χ2n) is 6.57. The van der Waals surface area contributed by atoms with Crippen LogP contribution in [-0.4, -0.2) is 42.1 Å². The minimum Gasteiger partial charge on any atom is -0.497 e. The summed E-state index contributed by atoms with van der Waals surface area (Å²) in [6, 6.07) is 8.12. The van der Waals surface area contributed by atoms with Crippen LogP contribution in [0.3, 0.4) is 0 Å². The van der Waals surface area contributed by atoms with Gasteiger partial charge in [-0.2, -0.15) is 0 Å². The van der Waals surface area contributed by atoms with Crippen molar-refractivity contribution in [2.75, 3.05) is 26.7 Å². The molecule has 1 aliphatic rings. The number of nitrogens with one attached hydrogen (secondary N) is 1. The highest BCUT2D eigenvalue weighted by Gasteiger charge is 2.24. The standard InChI is InChI=1S/C19H25N3O3S/c1-14-13-26-19(24)22(14)12-18(23)20-11-17(21-8-3-4-9-21)15-6-5-7-16(10-15)25-2/h5-7,10,13,17H,3-4,8-9,11-12H2,1-2H3,(H,20,23). The van der Waals surface area contributed by atoms with Crippen molar-refractivity contribution < 1.29 is 9.53 Å². The van der Waals surface area contributed by atoms with Crippen molar-refractivity contribution in [1.82, 2.24) is 14.8 Å². The Bertz CT molecular complexity index is 808. The van der Waals surface area contributed by atoms with Crippen LogP contribution in [0.25, 0.3) is 0 Å². The van der Waals surface area contributed by atoms with E-state index in [-0.39, 0.29) is 23.4 Å². The molecule has 26 heavy (non-hydrogen) atoms. The lowest BCUT2D eigenvalue weighted by atomic mass is 10.0. The van der Waals surface area contributed by atoms with E-state index in [1.807, 2.05) is 25.1 Å². The first-order chi connectivity index (χ1) is 12.6. The third-order valence-corrected chi connectivity index (χ3v) is 5.71. The van der Waals surface area contributed by atoms with Crippen LogP contribution in [0, 0.1) is 6.92 Å². The van der Waals surface area contributed by atoms with Gasteiger partial charge in [0, 0.05) is 17.6 Å². The Hall–Kier alpha value is -2.12. The number of aromatic nitrogens is 1. The molecule has 1 atom stereocenters. The van der Waals surface area contributed by atoms with E-state index in [9.17, 15) is 9.59 Å². The minimum atomic E-state index is -0.138. The van der Waals surface area contributed by atoms with Crippen molar-refractivity contribution >= 4 is 17.2 Å². The number of aryl methyl sites for hydroxylation is 1. The summed E-state index contributed by atoms with van der Waals surface area (Å²) >= 11 is 1.12. The molecule has 1 aromatic carbocycles. The number of amides is 1. The summed E-state index contributed by atoms with van der Waals surface area (Å²) in [5.41, 5.74) is 1.95. The molecule has 1 fully saturated rings. The number of nitrogens with zero attached hydrogens (tertiary/aromatic N) is 2. The number of thiazole rings is 1. The highest BCUT2D eigenvalue weighted by molar-refractivity contribution is 7.07. The summed E-state index contributed by atoms with van der Waals surface area (Å²) in [6.45, 7) is 4.49. The van der Waals surface area contributed by atoms with Gasteiger partial charge in [0.25, 0.3) is 0 Å². The molecule has 1 N–H and O–H groups in total. The van der Waals surface area contributed by atoms with E-state index in [1.165, 1.54) is 17.4 Å². The molecular formula is C19H25N3O3S. The van der Waals surface area contributed by atoms with E-state index in [1.54, 1.807) is 12.5 Å². The third kappa shape index (κ3) is 4.34. The maximum atomic E-state index is 12.4. The normalized spacial score (nSPS) is 15.8. The van der Waals surface area contributed by atoms with E-state index in [2.05, 4.69) is 16.3 Å². The summed E-state index contributed by atoms with van der Waals surface area (Å²) in [4.78, 5) is 26.5. The molecule has 1 saturated heterocycles. The first kappa shape index (κ1) is 18.7. The van der Waals surface area contributed by atoms with Crippen molar-refractivity contribution in [2.24, 2.45) is 0 Å². The summed E-state index contributed by atoms with van der Waals surface area (Å²) in [6.07, 6.45) is 2.36. The van der Waals surface area contributed by atoms with Gasteiger partial charge >= 0.3 is 4.87 Å². The van der Waals surface area contributed by atoms with Gasteiger partial charge in [0.2, 0.25) is 5.91 Å². The molecule has 1 unspecified atom stereocenters. The smallest absolute Gasteiger partial charge is 0.307 e. The molecule has 7 heteroatoms. The number of rotatable bonds is 7. The fourth-order valence-electron chi connectivity index (χ4n) is 3.37. The van der Waals surface area contributed by atoms with Crippen LogP contribution >= 0.6 is 11.3 Å². The fourth-order valence-corrected chi connectivity index (χ4v) is 4.10. The summed E-state index contributed by atoms with van der Waals surface area (Å²) in [5.74, 6) is 0.680. The second kappa shape index (κ2) is 8.51. The number of hydrogen-bond donors (Lipinski definition) is 1. The molecule has 0 aliphatic carbocycles. The van der Waals surface area contributed by atoms with Crippen LogP contribution in [0.1, 0.15) is 30.1 Å². The van der Waals surface area contributed by atoms with Crippen molar-refractivity contribution in [3.63, 3.8) is 0 Å². The number of ether oxygens (including phenoxy) is 1. The SMILES string of the molecule is COc1cccc(C(CNC(=O)Cn2c(C)csc2=O)N2CCCC2)c1. The lowest BCUT2D eigenvalue weighted by Crippen LogP contribution is -2.39. The number of carbonyl (C=O) groups is 1. The van der Waals surface area contributed by atoms with Gasteiger partial charge in [-0.25, -0.2) is 0 Å². The average molecular weight is 375 g/mol. The fraction of sp³-hybridized carbons (Fsp3) is 0.474. The van der Waals surface area contributed by atoms with Crippen LogP contribution in [-0.2, 0) is 11.3 Å². The molecular weight excluding hydrogens is 350 g/mol. The molecule has 0 saturated carbocycles. The Morgan fingerprint density at radius 3 is 2.77 bits per heavy atom. The van der Waals surface area contributed by atoms with E-state index >= 15 is 0 Å². The number of benzene rings is 1. The van der Waals surface area contributed by atoms with Crippen LogP contribution < -0.4 is 14.9 Å². The number of methoxy groups -OCH3 is 1. The van der Waals surface area contributed by atoms with Gasteiger partial charge in [0.1, 0.15) is 12.3 Å². The van der Waals surface area contributed by atoms with Gasteiger partial charge in [-0.05, 0) is 50.6 Å².